The molecule has 0 radical (unpaired) electrons. The van der Waals surface area contributed by atoms with Crippen molar-refractivity contribution in [1.82, 2.24) is 15.3 Å². The molecule has 0 amide bonds. The molecule has 1 aromatic heterocycles. The lowest BCUT2D eigenvalue weighted by Gasteiger charge is -2.27. The smallest absolute Gasteiger partial charge is 0.160 e. The molecule has 316 valence electrons. The van der Waals surface area contributed by atoms with Crippen molar-refractivity contribution in [3.05, 3.63) is 277 Å². The van der Waals surface area contributed by atoms with Crippen LogP contribution < -0.4 is 5.32 Å². The van der Waals surface area contributed by atoms with Gasteiger partial charge in [-0.1, -0.05) is 218 Å². The molecular weight excluding hydrogens is 813 g/mol. The number of hydrogen-bond donors (Lipinski definition) is 2. The summed E-state index contributed by atoms with van der Waals surface area (Å²) in [6, 6.07) is 86.1. The highest BCUT2D eigenvalue weighted by Crippen LogP contribution is 2.39. The second-order valence-electron chi connectivity index (χ2n) is 16.6. The van der Waals surface area contributed by atoms with Crippen molar-refractivity contribution in [2.75, 3.05) is 0 Å². The van der Waals surface area contributed by atoms with Gasteiger partial charge in [-0.05, 0) is 86.5 Å². The summed E-state index contributed by atoms with van der Waals surface area (Å²) in [5, 5.41) is 13.6. The predicted molar refractivity (Wildman–Crippen MR) is 279 cm³/mol. The third-order valence-electron chi connectivity index (χ3n) is 12.3. The van der Waals surface area contributed by atoms with Crippen molar-refractivity contribution in [1.29, 1.82) is 5.41 Å². The second kappa shape index (κ2) is 18.2. The standard InChI is InChI=1S/C63H44N4/c64-61(47-27-14-5-15-28-47)60(46-25-12-4-13-26-46)62-56-40-51(35-36-52(56)41-57(65-62)45-23-10-3-11-24-45)50-31-17-33-54(38-50)59-42-58(53-32-16-29-48(37-53)43-19-6-1-7-20-43)66-63(67-59)55-34-18-30-49(39-55)44-21-8-2-9-22-44/h1-42,64-65H/b62-60-,64-61?. The molecule has 0 unspecified atom stereocenters. The van der Waals surface area contributed by atoms with Crippen LogP contribution in [0.3, 0.4) is 0 Å². The number of benzene rings is 9. The summed E-state index contributed by atoms with van der Waals surface area (Å²) in [6.07, 6.45) is 2.21. The number of hydrogen-bond acceptors (Lipinski definition) is 4. The Morgan fingerprint density at radius 1 is 0.343 bits per heavy atom. The Kier molecular flexibility index (Phi) is 11.1. The molecule has 0 bridgehead atoms. The van der Waals surface area contributed by atoms with Crippen LogP contribution >= 0.6 is 0 Å². The average Bonchev–Trinajstić information content (AvgIpc) is 3.42. The molecule has 4 nitrogen and oxygen atoms in total. The summed E-state index contributed by atoms with van der Waals surface area (Å²) < 4.78 is 0. The van der Waals surface area contributed by atoms with Gasteiger partial charge in [-0.3, -0.25) is 5.41 Å². The first-order chi connectivity index (χ1) is 33.1. The van der Waals surface area contributed by atoms with Crippen LogP contribution in [0.15, 0.2) is 249 Å². The van der Waals surface area contributed by atoms with Crippen molar-refractivity contribution in [2.45, 2.75) is 0 Å². The molecule has 2 heterocycles. The number of fused-ring (bicyclic) bond motifs is 1. The van der Waals surface area contributed by atoms with Gasteiger partial charge in [0, 0.05) is 39.1 Å². The minimum atomic E-state index is 0.445. The van der Waals surface area contributed by atoms with Crippen LogP contribution in [0.4, 0.5) is 0 Å². The largest absolute Gasteiger partial charge is 0.354 e. The normalized spacial score (nSPS) is 12.6. The Bertz CT molecular complexity index is 3370. The van der Waals surface area contributed by atoms with E-state index in [0.717, 1.165) is 106 Å². The van der Waals surface area contributed by atoms with Gasteiger partial charge in [-0.2, -0.15) is 0 Å². The molecule has 67 heavy (non-hydrogen) atoms. The summed E-state index contributed by atoms with van der Waals surface area (Å²) in [4.78, 5) is 10.6. The van der Waals surface area contributed by atoms with Crippen LogP contribution in [0.25, 0.3) is 90.3 Å². The number of nitrogens with zero attached hydrogens (tertiary/aromatic N) is 2. The van der Waals surface area contributed by atoms with Crippen LogP contribution in [0.5, 0.6) is 0 Å². The molecule has 4 heteroatoms. The van der Waals surface area contributed by atoms with Gasteiger partial charge in [0.1, 0.15) is 0 Å². The summed E-state index contributed by atoms with van der Waals surface area (Å²) in [5.41, 5.74) is 19.4. The minimum absolute atomic E-state index is 0.445. The number of rotatable bonds is 10. The molecule has 1 aliphatic heterocycles. The first-order valence-electron chi connectivity index (χ1n) is 22.6. The van der Waals surface area contributed by atoms with Gasteiger partial charge in [0.2, 0.25) is 0 Å². The van der Waals surface area contributed by atoms with Crippen LogP contribution in [0.2, 0.25) is 0 Å². The monoisotopic (exact) mass is 856 g/mol. The van der Waals surface area contributed by atoms with Crippen LogP contribution in [0.1, 0.15) is 27.8 Å². The van der Waals surface area contributed by atoms with Crippen molar-refractivity contribution in [2.24, 2.45) is 0 Å². The molecule has 0 spiro atoms. The zero-order valence-corrected chi connectivity index (χ0v) is 36.6. The van der Waals surface area contributed by atoms with Crippen molar-refractivity contribution in [3.8, 4) is 67.3 Å². The lowest BCUT2D eigenvalue weighted by Crippen LogP contribution is -2.20. The van der Waals surface area contributed by atoms with Gasteiger partial charge in [-0.15, -0.1) is 0 Å². The van der Waals surface area contributed by atoms with Gasteiger partial charge in [0.25, 0.3) is 0 Å². The Labute approximate surface area is 391 Å². The summed E-state index contributed by atoms with van der Waals surface area (Å²) in [7, 11) is 0. The van der Waals surface area contributed by atoms with Crippen molar-refractivity contribution < 1.29 is 0 Å². The molecule has 0 aliphatic carbocycles. The lowest BCUT2D eigenvalue weighted by molar-refractivity contribution is 1.18. The number of allylic oxidation sites excluding steroid dienone is 1. The summed E-state index contributed by atoms with van der Waals surface area (Å²) in [5.74, 6) is 0.658. The van der Waals surface area contributed by atoms with Crippen molar-refractivity contribution in [3.63, 3.8) is 0 Å². The molecule has 10 aromatic rings. The van der Waals surface area contributed by atoms with E-state index >= 15 is 0 Å². The molecular formula is C63H44N4. The van der Waals surface area contributed by atoms with Crippen LogP contribution in [0, 0.1) is 5.41 Å². The molecule has 0 atom stereocenters. The van der Waals surface area contributed by atoms with E-state index in [1.165, 1.54) is 0 Å². The maximum absolute atomic E-state index is 9.75. The average molecular weight is 857 g/mol. The van der Waals surface area contributed by atoms with E-state index in [1.54, 1.807) is 0 Å². The maximum Gasteiger partial charge on any atom is 0.160 e. The number of aromatic nitrogens is 2. The first kappa shape index (κ1) is 40.8. The molecule has 11 rings (SSSR count). The van der Waals surface area contributed by atoms with E-state index in [9.17, 15) is 5.41 Å². The maximum atomic E-state index is 9.75. The molecule has 0 saturated heterocycles. The van der Waals surface area contributed by atoms with Gasteiger partial charge < -0.3 is 5.32 Å². The highest BCUT2D eigenvalue weighted by Gasteiger charge is 2.24. The fourth-order valence-electron chi connectivity index (χ4n) is 8.90. The molecule has 0 fully saturated rings. The minimum Gasteiger partial charge on any atom is -0.354 e. The van der Waals surface area contributed by atoms with Crippen molar-refractivity contribution >= 4 is 28.8 Å². The van der Waals surface area contributed by atoms with Gasteiger partial charge >= 0.3 is 0 Å². The van der Waals surface area contributed by atoms with E-state index in [4.69, 9.17) is 9.97 Å². The third kappa shape index (κ3) is 8.55. The number of nitrogens with one attached hydrogen (secondary N) is 2. The Morgan fingerprint density at radius 3 is 1.31 bits per heavy atom. The van der Waals surface area contributed by atoms with E-state index in [0.29, 0.717) is 11.5 Å². The first-order valence-corrected chi connectivity index (χ1v) is 22.6. The fourth-order valence-corrected chi connectivity index (χ4v) is 8.90. The topological polar surface area (TPSA) is 61.7 Å². The zero-order chi connectivity index (χ0) is 44.9. The quantitative estimate of drug-likeness (QED) is 0.135. The molecule has 9 aromatic carbocycles. The Balaban J connectivity index is 1.06. The molecule has 1 aliphatic rings. The van der Waals surface area contributed by atoms with Crippen LogP contribution in [-0.4, -0.2) is 15.7 Å². The van der Waals surface area contributed by atoms with E-state index < -0.39 is 0 Å². The van der Waals surface area contributed by atoms with Gasteiger partial charge in [0.05, 0.1) is 22.8 Å². The fraction of sp³-hybridized carbons (Fsp3) is 0. The SMILES string of the molecule is N=C(/C(=C1\NC(c2ccccc2)=Cc2ccc(-c3cccc(-c4cc(-c5cccc(-c6ccccc6)c5)nc(-c5cccc(-c6ccccc6)c5)n4)c3)cc21)c1ccccc1)c1ccccc1. The molecule has 0 saturated carbocycles. The third-order valence-corrected chi connectivity index (χ3v) is 12.3. The Hall–Kier alpha value is -8.99. The molecule has 2 N–H and O–H groups in total. The van der Waals surface area contributed by atoms with Gasteiger partial charge in [-0.25, -0.2) is 9.97 Å². The zero-order valence-electron chi connectivity index (χ0n) is 36.6. The Morgan fingerprint density at radius 2 is 0.761 bits per heavy atom. The van der Waals surface area contributed by atoms with E-state index in [2.05, 4.69) is 193 Å². The second-order valence-corrected chi connectivity index (χ2v) is 16.6. The lowest BCUT2D eigenvalue weighted by atomic mass is 9.86. The van der Waals surface area contributed by atoms with E-state index in [-0.39, 0.29) is 0 Å². The van der Waals surface area contributed by atoms with Gasteiger partial charge in [0.15, 0.2) is 5.82 Å². The van der Waals surface area contributed by atoms with Crippen LogP contribution in [-0.2, 0) is 0 Å². The summed E-state index contributed by atoms with van der Waals surface area (Å²) in [6.45, 7) is 0. The predicted octanol–water partition coefficient (Wildman–Crippen LogP) is 15.5. The van der Waals surface area contributed by atoms with E-state index in [1.807, 2.05) is 66.7 Å². The highest BCUT2D eigenvalue weighted by atomic mass is 14.9. The highest BCUT2D eigenvalue weighted by molar-refractivity contribution is 6.36. The summed E-state index contributed by atoms with van der Waals surface area (Å²) >= 11 is 0.